The number of likely N-dealkylation sites (tertiary alicyclic amines) is 1. The summed E-state index contributed by atoms with van der Waals surface area (Å²) in [6.07, 6.45) is 4.76. The molecule has 0 unspecified atom stereocenters. The van der Waals surface area contributed by atoms with Gasteiger partial charge in [0.05, 0.1) is 17.3 Å². The fourth-order valence-corrected chi connectivity index (χ4v) is 5.62. The number of piperazine rings is 1. The van der Waals surface area contributed by atoms with E-state index >= 15 is 0 Å². The van der Waals surface area contributed by atoms with Gasteiger partial charge in [-0.25, -0.2) is 19.9 Å². The summed E-state index contributed by atoms with van der Waals surface area (Å²) in [6.45, 7) is 4.05. The highest BCUT2D eigenvalue weighted by molar-refractivity contribution is 7.21. The van der Waals surface area contributed by atoms with E-state index in [-0.39, 0.29) is 0 Å². The van der Waals surface area contributed by atoms with E-state index in [4.69, 9.17) is 19.7 Å². The monoisotopic (exact) mass is 460 g/mol. The summed E-state index contributed by atoms with van der Waals surface area (Å²) in [5.74, 6) is 2.92. The molecule has 6 rings (SSSR count). The van der Waals surface area contributed by atoms with Crippen LogP contribution >= 0.6 is 11.3 Å². The van der Waals surface area contributed by atoms with Crippen molar-refractivity contribution in [2.24, 2.45) is 0 Å². The van der Waals surface area contributed by atoms with Gasteiger partial charge in [0, 0.05) is 55.4 Å². The van der Waals surface area contributed by atoms with Crippen LogP contribution in [0.3, 0.4) is 0 Å². The molecular formula is C23H24N8OS. The van der Waals surface area contributed by atoms with Crippen molar-refractivity contribution < 1.29 is 4.74 Å². The van der Waals surface area contributed by atoms with E-state index in [0.29, 0.717) is 23.7 Å². The average molecular weight is 461 g/mol. The molecule has 4 aromatic rings. The van der Waals surface area contributed by atoms with E-state index < -0.39 is 0 Å². The number of likely N-dealkylation sites (N-methyl/N-ethyl adjacent to an activating group) is 1. The molecule has 2 saturated heterocycles. The van der Waals surface area contributed by atoms with Crippen LogP contribution < -0.4 is 15.0 Å². The highest BCUT2D eigenvalue weighted by atomic mass is 32.1. The smallest absolute Gasteiger partial charge is 0.227 e. The van der Waals surface area contributed by atoms with Gasteiger partial charge in [-0.3, -0.25) is 4.90 Å². The Morgan fingerprint density at radius 1 is 1.09 bits per heavy atom. The van der Waals surface area contributed by atoms with Gasteiger partial charge in [0.2, 0.25) is 5.95 Å². The largest absolute Gasteiger partial charge is 0.494 e. The maximum atomic E-state index is 5.44. The van der Waals surface area contributed by atoms with Gasteiger partial charge in [0.1, 0.15) is 28.1 Å². The first-order valence-electron chi connectivity index (χ1n) is 10.9. The van der Waals surface area contributed by atoms with Crippen LogP contribution in [0, 0.1) is 6.92 Å². The number of aromatic nitrogens is 5. The highest BCUT2D eigenvalue weighted by Gasteiger charge is 2.42. The molecule has 0 saturated carbocycles. The number of anilines is 3. The molecule has 4 aromatic heterocycles. The van der Waals surface area contributed by atoms with Crippen molar-refractivity contribution in [2.75, 3.05) is 37.5 Å². The maximum Gasteiger partial charge on any atom is 0.227 e. The number of pyridine rings is 2. The van der Waals surface area contributed by atoms with Gasteiger partial charge in [-0.2, -0.15) is 4.98 Å². The Bertz CT molecular complexity index is 1340. The number of aryl methyl sites for hydroxylation is 1. The molecule has 10 heteroatoms. The average Bonchev–Trinajstić information content (AvgIpc) is 3.52. The first kappa shape index (κ1) is 20.3. The first-order valence-corrected chi connectivity index (χ1v) is 11.7. The molecule has 0 amide bonds. The number of thiazole rings is 1. The Balaban J connectivity index is 1.28. The molecule has 1 N–H and O–H groups in total. The van der Waals surface area contributed by atoms with E-state index in [2.05, 4.69) is 32.1 Å². The number of hydrogen-bond acceptors (Lipinski definition) is 10. The summed E-state index contributed by atoms with van der Waals surface area (Å²) < 4.78 is 6.43. The van der Waals surface area contributed by atoms with Gasteiger partial charge in [-0.1, -0.05) is 0 Å². The third kappa shape index (κ3) is 3.65. The second-order valence-electron chi connectivity index (χ2n) is 8.57. The van der Waals surface area contributed by atoms with Crippen molar-refractivity contribution in [1.82, 2.24) is 29.8 Å². The lowest BCUT2D eigenvalue weighted by Crippen LogP contribution is -2.45. The molecule has 2 fully saturated rings. The maximum absolute atomic E-state index is 5.44. The third-order valence-electron chi connectivity index (χ3n) is 6.34. The number of nitrogens with one attached hydrogen (secondary N) is 1. The topological polar surface area (TPSA) is 92.2 Å². The molecule has 2 aliphatic heterocycles. The van der Waals surface area contributed by atoms with Crippen molar-refractivity contribution in [3.63, 3.8) is 0 Å². The van der Waals surface area contributed by atoms with Crippen LogP contribution in [0.4, 0.5) is 17.6 Å². The normalized spacial score (nSPS) is 20.0. The predicted octanol–water partition coefficient (Wildman–Crippen LogP) is 3.50. The first-order chi connectivity index (χ1) is 16.1. The molecule has 33 heavy (non-hydrogen) atoms. The zero-order valence-electron chi connectivity index (χ0n) is 18.7. The van der Waals surface area contributed by atoms with Crippen LogP contribution in [-0.4, -0.2) is 69.2 Å². The second kappa shape index (κ2) is 7.89. The van der Waals surface area contributed by atoms with E-state index in [1.165, 1.54) is 6.42 Å². The van der Waals surface area contributed by atoms with Crippen LogP contribution in [0.1, 0.15) is 12.1 Å². The van der Waals surface area contributed by atoms with Crippen molar-refractivity contribution in [2.45, 2.75) is 25.4 Å². The Hall–Kier alpha value is -3.37. The minimum absolute atomic E-state index is 0.487. The van der Waals surface area contributed by atoms with Crippen LogP contribution in [-0.2, 0) is 0 Å². The molecule has 0 aliphatic carbocycles. The standard InChI is InChI=1S/C23H24N8OS/c1-13-7-20(29-23(26-13)31-12-14-8-15(31)11-30(14)2)28-19-9-16-18(10-25-19)33-22(27-16)21-17(32-3)5-4-6-24-21/h4-7,9-10,14-15H,8,11-12H2,1-3H3,(H,25,26,28,29)/t14-,15-/m0/s1. The molecule has 2 bridgehead atoms. The molecule has 168 valence electrons. The van der Waals surface area contributed by atoms with Gasteiger partial charge in [0.15, 0.2) is 0 Å². The van der Waals surface area contributed by atoms with E-state index in [0.717, 1.165) is 51.5 Å². The molecule has 6 heterocycles. The fraction of sp³-hybridized carbons (Fsp3) is 0.348. The van der Waals surface area contributed by atoms with E-state index in [1.807, 2.05) is 37.4 Å². The summed E-state index contributed by atoms with van der Waals surface area (Å²) in [6, 6.07) is 8.70. The minimum Gasteiger partial charge on any atom is -0.494 e. The Morgan fingerprint density at radius 3 is 2.79 bits per heavy atom. The van der Waals surface area contributed by atoms with Gasteiger partial charge >= 0.3 is 0 Å². The third-order valence-corrected chi connectivity index (χ3v) is 7.35. The van der Waals surface area contributed by atoms with Gasteiger partial charge in [-0.05, 0) is 32.5 Å². The van der Waals surface area contributed by atoms with Crippen molar-refractivity contribution >= 4 is 39.1 Å². The quantitative estimate of drug-likeness (QED) is 0.480. The Labute approximate surface area is 195 Å². The molecule has 2 atom stereocenters. The summed E-state index contributed by atoms with van der Waals surface area (Å²) in [5.41, 5.74) is 2.52. The van der Waals surface area contributed by atoms with Crippen molar-refractivity contribution in [3.05, 3.63) is 42.4 Å². The zero-order valence-corrected chi connectivity index (χ0v) is 19.5. The van der Waals surface area contributed by atoms with Crippen molar-refractivity contribution in [1.29, 1.82) is 0 Å². The van der Waals surface area contributed by atoms with Gasteiger partial charge < -0.3 is 15.0 Å². The van der Waals surface area contributed by atoms with Crippen molar-refractivity contribution in [3.8, 4) is 16.5 Å². The van der Waals surface area contributed by atoms with Crippen LogP contribution in [0.15, 0.2) is 36.7 Å². The van der Waals surface area contributed by atoms with E-state index in [9.17, 15) is 0 Å². The van der Waals surface area contributed by atoms with Crippen LogP contribution in [0.25, 0.3) is 20.9 Å². The number of rotatable bonds is 5. The lowest BCUT2D eigenvalue weighted by atomic mass is 10.2. The summed E-state index contributed by atoms with van der Waals surface area (Å²) >= 11 is 1.54. The van der Waals surface area contributed by atoms with Crippen LogP contribution in [0.2, 0.25) is 0 Å². The number of methoxy groups -OCH3 is 1. The second-order valence-corrected chi connectivity index (χ2v) is 9.60. The zero-order chi connectivity index (χ0) is 22.5. The number of fused-ring (bicyclic) bond motifs is 3. The van der Waals surface area contributed by atoms with Gasteiger partial charge in [-0.15, -0.1) is 11.3 Å². The molecule has 9 nitrogen and oxygen atoms in total. The van der Waals surface area contributed by atoms with E-state index in [1.54, 1.807) is 24.6 Å². The molecular weight excluding hydrogens is 436 g/mol. The lowest BCUT2D eigenvalue weighted by Gasteiger charge is -2.32. The summed E-state index contributed by atoms with van der Waals surface area (Å²) in [7, 11) is 3.84. The molecule has 0 spiro atoms. The summed E-state index contributed by atoms with van der Waals surface area (Å²) in [4.78, 5) is 28.1. The number of nitrogens with zero attached hydrogens (tertiary/aromatic N) is 7. The number of ether oxygens (including phenoxy) is 1. The fourth-order valence-electron chi connectivity index (χ4n) is 4.71. The summed E-state index contributed by atoms with van der Waals surface area (Å²) in [5, 5.41) is 4.15. The molecule has 2 aliphatic rings. The van der Waals surface area contributed by atoms with Gasteiger partial charge in [0.25, 0.3) is 0 Å². The lowest BCUT2D eigenvalue weighted by molar-refractivity contribution is 0.291. The predicted molar refractivity (Wildman–Crippen MR) is 129 cm³/mol. The Morgan fingerprint density at radius 2 is 2.00 bits per heavy atom. The molecule has 0 radical (unpaired) electrons. The molecule has 0 aromatic carbocycles. The highest BCUT2D eigenvalue weighted by Crippen LogP contribution is 2.35. The Kier molecular flexibility index (Phi) is 4.84. The minimum atomic E-state index is 0.487. The van der Waals surface area contributed by atoms with Crippen LogP contribution in [0.5, 0.6) is 5.75 Å². The number of hydrogen-bond donors (Lipinski definition) is 1. The SMILES string of the molecule is COc1cccnc1-c1nc2cc(Nc3cc(C)nc(N4C[C@@H]5C[C@H]4CN5C)n3)ncc2s1.